The van der Waals surface area contributed by atoms with Gasteiger partial charge >= 0.3 is 0 Å². The fraction of sp³-hybridized carbons (Fsp3) is 0.690. The maximum absolute atomic E-state index is 13.8. The van der Waals surface area contributed by atoms with E-state index in [1.165, 1.54) is 0 Å². The summed E-state index contributed by atoms with van der Waals surface area (Å²) < 4.78 is 33.7. The van der Waals surface area contributed by atoms with Crippen LogP contribution in [-0.4, -0.2) is 81.5 Å². The summed E-state index contributed by atoms with van der Waals surface area (Å²) in [5.41, 5.74) is 0.201. The molecule has 2 aliphatic heterocycles. The highest BCUT2D eigenvalue weighted by molar-refractivity contribution is 5.97. The molecule has 0 radical (unpaired) electrons. The van der Waals surface area contributed by atoms with Gasteiger partial charge in [-0.15, -0.1) is 0 Å². The first-order chi connectivity index (χ1) is 18.0. The largest absolute Gasteiger partial charge is 0.449 e. The Labute approximate surface area is 228 Å². The van der Waals surface area contributed by atoms with Crippen LogP contribution < -0.4 is 4.90 Å². The number of hydrogen-bond donors (Lipinski definition) is 1. The van der Waals surface area contributed by atoms with E-state index in [0.717, 1.165) is 5.56 Å². The number of carbonyl (C=O) groups excluding carboxylic acids is 2. The first-order valence-electron chi connectivity index (χ1n) is 13.9. The maximum Gasteiger partial charge on any atom is 0.290 e. The van der Waals surface area contributed by atoms with Crippen molar-refractivity contribution in [2.24, 2.45) is 5.92 Å². The van der Waals surface area contributed by atoms with Crippen molar-refractivity contribution in [2.45, 2.75) is 89.7 Å². The third-order valence-electron chi connectivity index (χ3n) is 8.48. The average molecular weight is 547 g/mol. The predicted molar refractivity (Wildman–Crippen MR) is 144 cm³/mol. The quantitative estimate of drug-likeness (QED) is 0.606. The van der Waals surface area contributed by atoms with E-state index in [2.05, 4.69) is 0 Å². The lowest BCUT2D eigenvalue weighted by Crippen LogP contribution is -2.63. The molecule has 4 heterocycles. The molecule has 1 N–H and O–H groups in total. The summed E-state index contributed by atoms with van der Waals surface area (Å²) in [5, 5.41) is 10.0. The van der Waals surface area contributed by atoms with Crippen molar-refractivity contribution in [1.82, 2.24) is 14.8 Å². The van der Waals surface area contributed by atoms with Crippen LogP contribution in [0.1, 0.15) is 83.3 Å². The minimum atomic E-state index is -2.65. The van der Waals surface area contributed by atoms with E-state index in [1.807, 2.05) is 45.6 Å². The number of piperazine rings is 1. The summed E-state index contributed by atoms with van der Waals surface area (Å²) >= 11 is 0. The molecule has 0 unspecified atom stereocenters. The predicted octanol–water partition coefficient (Wildman–Crippen LogP) is 4.58. The molecular formula is C29H40F2N4O4. The SMILES string of the molecule is CC1(O)CC(C(=O)N2CCN(C(=O)c3cc4nc(N5CCC(F)(F)CC5)cc(C(C)(C)C)c4o3)C(C)(C)C2)C1. The lowest BCUT2D eigenvalue weighted by Gasteiger charge is -2.49. The number of pyridine rings is 1. The number of furan rings is 1. The van der Waals surface area contributed by atoms with Gasteiger partial charge < -0.3 is 24.2 Å². The highest BCUT2D eigenvalue weighted by Gasteiger charge is 2.47. The number of rotatable bonds is 3. The van der Waals surface area contributed by atoms with Gasteiger partial charge in [0.2, 0.25) is 5.91 Å². The normalized spacial score (nSPS) is 27.0. The molecule has 3 aliphatic rings. The van der Waals surface area contributed by atoms with Gasteiger partial charge in [0.05, 0.1) is 11.1 Å². The molecule has 3 fully saturated rings. The van der Waals surface area contributed by atoms with Crippen molar-refractivity contribution in [1.29, 1.82) is 0 Å². The van der Waals surface area contributed by atoms with Gasteiger partial charge in [0.15, 0.2) is 11.3 Å². The standard InChI is InChI=1S/C29H40F2N4O4/c1-26(2,3)19-13-22(33-9-7-29(30,31)8-10-33)32-20-14-21(39-23(19)20)25(37)35-12-11-34(17-27(35,4)5)24(36)18-15-28(6,38)16-18/h13-14,18,38H,7-12,15-17H2,1-6H3. The average Bonchev–Trinajstić information content (AvgIpc) is 3.24. The summed E-state index contributed by atoms with van der Waals surface area (Å²) in [7, 11) is 0. The minimum absolute atomic E-state index is 0.0347. The zero-order valence-corrected chi connectivity index (χ0v) is 23.8. The van der Waals surface area contributed by atoms with Crippen molar-refractivity contribution in [3.63, 3.8) is 0 Å². The molecule has 2 amide bonds. The lowest BCUT2D eigenvalue weighted by atomic mass is 9.71. The second kappa shape index (κ2) is 9.14. The number of amides is 2. The number of aliphatic hydroxyl groups is 1. The smallest absolute Gasteiger partial charge is 0.290 e. The molecule has 2 aromatic rings. The number of alkyl halides is 2. The molecule has 5 rings (SSSR count). The first-order valence-corrected chi connectivity index (χ1v) is 13.9. The Kier molecular flexibility index (Phi) is 6.52. The third-order valence-corrected chi connectivity index (χ3v) is 8.48. The van der Waals surface area contributed by atoms with Gasteiger partial charge in [-0.3, -0.25) is 9.59 Å². The topological polar surface area (TPSA) is 90.1 Å². The molecular weight excluding hydrogens is 506 g/mol. The fourth-order valence-electron chi connectivity index (χ4n) is 6.18. The Morgan fingerprint density at radius 3 is 2.26 bits per heavy atom. The molecule has 214 valence electrons. The van der Waals surface area contributed by atoms with Crippen LogP contribution in [-0.2, 0) is 10.2 Å². The van der Waals surface area contributed by atoms with Crippen LogP contribution in [0.4, 0.5) is 14.6 Å². The highest BCUT2D eigenvalue weighted by Crippen LogP contribution is 2.40. The number of carbonyl (C=O) groups is 2. The van der Waals surface area contributed by atoms with Crippen LogP contribution in [0.15, 0.2) is 16.5 Å². The van der Waals surface area contributed by atoms with E-state index in [1.54, 1.807) is 22.8 Å². The number of hydrogen-bond acceptors (Lipinski definition) is 6. The van der Waals surface area contributed by atoms with Crippen LogP contribution in [0.3, 0.4) is 0 Å². The molecule has 39 heavy (non-hydrogen) atoms. The second-order valence-corrected chi connectivity index (χ2v) is 13.6. The zero-order chi connectivity index (χ0) is 28.5. The maximum atomic E-state index is 13.8. The molecule has 0 atom stereocenters. The van der Waals surface area contributed by atoms with Crippen LogP contribution in [0.25, 0.3) is 11.1 Å². The van der Waals surface area contributed by atoms with Gasteiger partial charge in [-0.2, -0.15) is 0 Å². The summed E-state index contributed by atoms with van der Waals surface area (Å²) in [6, 6.07) is 3.55. The number of piperidine rings is 1. The number of nitrogens with zero attached hydrogens (tertiary/aromatic N) is 4. The van der Waals surface area contributed by atoms with Gasteiger partial charge in [0.1, 0.15) is 11.3 Å². The monoisotopic (exact) mass is 546 g/mol. The van der Waals surface area contributed by atoms with Gasteiger partial charge in [-0.25, -0.2) is 13.8 Å². The third kappa shape index (κ3) is 5.36. The Bertz CT molecular complexity index is 1280. The molecule has 8 nitrogen and oxygen atoms in total. The van der Waals surface area contributed by atoms with Crippen molar-refractivity contribution < 1.29 is 27.9 Å². The molecule has 1 aliphatic carbocycles. The number of anilines is 1. The number of fused-ring (bicyclic) bond motifs is 1. The van der Waals surface area contributed by atoms with E-state index in [0.29, 0.717) is 49.4 Å². The van der Waals surface area contributed by atoms with Gasteiger partial charge in [-0.1, -0.05) is 20.8 Å². The molecule has 10 heteroatoms. The Balaban J connectivity index is 1.38. The highest BCUT2D eigenvalue weighted by atomic mass is 19.3. The number of halogens is 2. The Morgan fingerprint density at radius 1 is 1.05 bits per heavy atom. The molecule has 1 saturated carbocycles. The van der Waals surface area contributed by atoms with Gasteiger partial charge in [0.25, 0.3) is 11.8 Å². The molecule has 2 saturated heterocycles. The Morgan fingerprint density at radius 2 is 1.69 bits per heavy atom. The summed E-state index contributed by atoms with van der Waals surface area (Å²) in [5.74, 6) is -2.27. The van der Waals surface area contributed by atoms with E-state index in [9.17, 15) is 23.5 Å². The van der Waals surface area contributed by atoms with Crippen molar-refractivity contribution in [3.8, 4) is 0 Å². The van der Waals surface area contributed by atoms with Crippen LogP contribution in [0.5, 0.6) is 0 Å². The molecule has 2 aromatic heterocycles. The number of aromatic nitrogens is 1. The fourth-order valence-corrected chi connectivity index (χ4v) is 6.18. The van der Waals surface area contributed by atoms with Crippen LogP contribution in [0.2, 0.25) is 0 Å². The second-order valence-electron chi connectivity index (χ2n) is 13.6. The Hall–Kier alpha value is -2.75. The van der Waals surface area contributed by atoms with E-state index in [-0.39, 0.29) is 54.8 Å². The van der Waals surface area contributed by atoms with Crippen LogP contribution in [0, 0.1) is 5.92 Å². The van der Waals surface area contributed by atoms with Crippen molar-refractivity contribution in [3.05, 3.63) is 23.5 Å². The van der Waals surface area contributed by atoms with Crippen LogP contribution >= 0.6 is 0 Å². The summed E-state index contributed by atoms with van der Waals surface area (Å²) in [6.07, 6.45) is 0.511. The van der Waals surface area contributed by atoms with E-state index < -0.39 is 17.1 Å². The first kappa shape index (κ1) is 27.8. The van der Waals surface area contributed by atoms with E-state index >= 15 is 0 Å². The van der Waals surface area contributed by atoms with Gasteiger partial charge in [0, 0.05) is 63.1 Å². The lowest BCUT2D eigenvalue weighted by molar-refractivity contribution is -0.153. The van der Waals surface area contributed by atoms with Crippen molar-refractivity contribution in [2.75, 3.05) is 37.6 Å². The summed E-state index contributed by atoms with van der Waals surface area (Å²) in [4.78, 5) is 36.9. The molecule has 0 bridgehead atoms. The van der Waals surface area contributed by atoms with Crippen molar-refractivity contribution >= 4 is 28.7 Å². The van der Waals surface area contributed by atoms with E-state index in [4.69, 9.17) is 9.40 Å². The minimum Gasteiger partial charge on any atom is -0.449 e. The molecule has 0 spiro atoms. The zero-order valence-electron chi connectivity index (χ0n) is 23.8. The molecule has 0 aromatic carbocycles. The summed E-state index contributed by atoms with van der Waals surface area (Å²) in [6.45, 7) is 13.4. The van der Waals surface area contributed by atoms with Gasteiger partial charge in [-0.05, 0) is 45.1 Å².